The van der Waals surface area contributed by atoms with Crippen molar-refractivity contribution in [3.63, 3.8) is 0 Å². The fraction of sp³-hybridized carbons (Fsp3) is 1.00. The Kier molecular flexibility index (Phi) is 6.72. The lowest BCUT2D eigenvalue weighted by atomic mass is 9.94. The van der Waals surface area contributed by atoms with Crippen LogP contribution in [-0.2, 0) is 9.26 Å². The van der Waals surface area contributed by atoms with E-state index in [2.05, 4.69) is 32.4 Å². The van der Waals surface area contributed by atoms with Gasteiger partial charge in [0.25, 0.3) is 0 Å². The van der Waals surface area contributed by atoms with Crippen molar-refractivity contribution in [2.75, 3.05) is 6.66 Å². The topological polar surface area (TPSA) is 21.7 Å². The van der Waals surface area contributed by atoms with E-state index in [-0.39, 0.29) is 6.10 Å². The van der Waals surface area contributed by atoms with E-state index >= 15 is 0 Å². The Morgan fingerprint density at radius 3 is 2.26 bits per heavy atom. The van der Waals surface area contributed by atoms with Gasteiger partial charge < -0.3 is 9.26 Å². The van der Waals surface area contributed by atoms with E-state index in [1.165, 1.54) is 0 Å². The Bertz CT molecular complexity index is 275. The minimum Gasteiger partial charge on any atom is -0.379 e. The van der Waals surface area contributed by atoms with Crippen LogP contribution in [0.1, 0.15) is 41.0 Å². The number of halogens is 1. The molecule has 19 heavy (non-hydrogen) atoms. The Balaban J connectivity index is 2.71. The first-order valence-corrected chi connectivity index (χ1v) is 8.69. The Morgan fingerprint density at radius 2 is 1.84 bits per heavy atom. The van der Waals surface area contributed by atoms with Gasteiger partial charge >= 0.3 is 0 Å². The van der Waals surface area contributed by atoms with Gasteiger partial charge in [0.1, 0.15) is 28.4 Å². The van der Waals surface area contributed by atoms with Gasteiger partial charge in [-0.3, -0.25) is 4.67 Å². The third kappa shape index (κ3) is 4.14. The number of nitrogens with zero attached hydrogens (tertiary/aromatic N) is 1. The fourth-order valence-corrected chi connectivity index (χ4v) is 4.69. The van der Waals surface area contributed by atoms with Crippen molar-refractivity contribution in [2.45, 2.75) is 77.5 Å². The number of hydrogen-bond acceptors (Lipinski definition) is 3. The van der Waals surface area contributed by atoms with Gasteiger partial charge in [-0.25, -0.2) is 4.39 Å². The van der Waals surface area contributed by atoms with Gasteiger partial charge in [-0.1, -0.05) is 6.92 Å². The van der Waals surface area contributed by atoms with E-state index in [4.69, 9.17) is 17.1 Å². The van der Waals surface area contributed by atoms with Crippen molar-refractivity contribution < 1.29 is 13.7 Å². The lowest BCUT2D eigenvalue weighted by Gasteiger charge is -2.37. The van der Waals surface area contributed by atoms with Crippen molar-refractivity contribution in [1.82, 2.24) is 4.67 Å². The first kappa shape index (κ1) is 17.4. The molecule has 3 nitrogen and oxygen atoms in total. The maximum Gasteiger partial charge on any atom is 0.146 e. The molecule has 1 aliphatic rings. The second-order valence-corrected chi connectivity index (χ2v) is 7.19. The largest absolute Gasteiger partial charge is 0.379 e. The molecule has 6 heteroatoms. The van der Waals surface area contributed by atoms with Gasteiger partial charge in [0, 0.05) is 12.1 Å². The van der Waals surface area contributed by atoms with Gasteiger partial charge in [-0.05, 0) is 40.8 Å². The maximum absolute atomic E-state index is 14.1. The van der Waals surface area contributed by atoms with Crippen molar-refractivity contribution in [3.05, 3.63) is 0 Å². The fourth-order valence-electron chi connectivity index (χ4n) is 2.68. The minimum absolute atomic E-state index is 0.240. The lowest BCUT2D eigenvalue weighted by molar-refractivity contribution is 0.0400. The van der Waals surface area contributed by atoms with Crippen LogP contribution in [0.5, 0.6) is 0 Å². The van der Waals surface area contributed by atoms with Crippen LogP contribution in [0.2, 0.25) is 0 Å². The number of hydrogen-bond donors (Lipinski definition) is 0. The summed E-state index contributed by atoms with van der Waals surface area (Å²) in [7, 11) is 4.77. The van der Waals surface area contributed by atoms with Gasteiger partial charge in [-0.2, -0.15) is 0 Å². The predicted octanol–water partition coefficient (Wildman–Crippen LogP) is 3.07. The van der Waals surface area contributed by atoms with Gasteiger partial charge in [-0.15, -0.1) is 0 Å². The molecule has 0 aromatic carbocycles. The summed E-state index contributed by atoms with van der Waals surface area (Å²) in [6, 6.07) is -0.125. The zero-order valence-electron chi connectivity index (χ0n) is 12.8. The van der Waals surface area contributed by atoms with E-state index in [1.807, 2.05) is 13.6 Å². The predicted molar refractivity (Wildman–Crippen MR) is 79.4 cm³/mol. The standard InChI is InChI=1S/C13H26BFNO2P/c1-7-10-12(11(15)13(14)17-10)18-19(6)16(8(2)3)9(4)5/h8-13H,7H2,1-6H3/t10-,11+,12-,13-,19?/m1/s1. The van der Waals surface area contributed by atoms with E-state index in [1.54, 1.807) is 0 Å². The summed E-state index contributed by atoms with van der Waals surface area (Å²) in [4.78, 5) is 0. The molecule has 5 atom stereocenters. The second-order valence-electron chi connectivity index (χ2n) is 5.59. The summed E-state index contributed by atoms with van der Waals surface area (Å²) >= 11 is 0. The molecule has 0 aromatic rings. The summed E-state index contributed by atoms with van der Waals surface area (Å²) in [5, 5.41) is 0. The second kappa shape index (κ2) is 7.35. The first-order chi connectivity index (χ1) is 8.79. The molecule has 0 saturated carbocycles. The quantitative estimate of drug-likeness (QED) is 0.554. The van der Waals surface area contributed by atoms with Crippen LogP contribution in [0.4, 0.5) is 4.39 Å². The molecule has 1 unspecified atom stereocenters. The average Bonchev–Trinajstić information content (AvgIpc) is 2.55. The van der Waals surface area contributed by atoms with Crippen LogP contribution in [0, 0.1) is 0 Å². The number of rotatable bonds is 6. The van der Waals surface area contributed by atoms with Crippen molar-refractivity contribution >= 4 is 16.1 Å². The molecule has 0 aliphatic carbocycles. The summed E-state index contributed by atoms with van der Waals surface area (Å²) in [6.07, 6.45) is -1.31. The Morgan fingerprint density at radius 1 is 1.32 bits per heavy atom. The highest BCUT2D eigenvalue weighted by Crippen LogP contribution is 2.45. The molecule has 1 heterocycles. The molecule has 110 valence electrons. The highest BCUT2D eigenvalue weighted by Gasteiger charge is 2.44. The third-order valence-electron chi connectivity index (χ3n) is 3.39. The molecule has 1 fully saturated rings. The Labute approximate surface area is 119 Å². The van der Waals surface area contributed by atoms with Crippen LogP contribution in [0.3, 0.4) is 0 Å². The van der Waals surface area contributed by atoms with E-state index in [0.717, 1.165) is 0 Å². The molecule has 0 amide bonds. The van der Waals surface area contributed by atoms with Crippen molar-refractivity contribution in [3.8, 4) is 0 Å². The minimum atomic E-state index is -1.24. The SMILES string of the molecule is [B][C@@H]1O[C@H](CC)[C@@H](OP(C)N(C(C)C)C(C)C)[C@@H]1F. The van der Waals surface area contributed by atoms with E-state index in [0.29, 0.717) is 18.5 Å². The third-order valence-corrected chi connectivity index (χ3v) is 5.51. The molecule has 2 radical (unpaired) electrons. The van der Waals surface area contributed by atoms with Gasteiger partial charge in [0.15, 0.2) is 0 Å². The first-order valence-electron chi connectivity index (χ1n) is 7.03. The summed E-state index contributed by atoms with van der Waals surface area (Å²) < 4.78 is 27.7. The van der Waals surface area contributed by atoms with Crippen LogP contribution in [0.25, 0.3) is 0 Å². The smallest absolute Gasteiger partial charge is 0.146 e. The van der Waals surface area contributed by atoms with E-state index < -0.39 is 26.6 Å². The van der Waals surface area contributed by atoms with E-state index in [9.17, 15) is 4.39 Å². The molecule has 1 saturated heterocycles. The summed E-state index contributed by atoms with van der Waals surface area (Å²) in [6.45, 7) is 12.5. The van der Waals surface area contributed by atoms with Crippen LogP contribution < -0.4 is 0 Å². The molecule has 0 N–H and O–H groups in total. The Hall–Kier alpha value is 0.305. The molecular weight excluding hydrogens is 263 g/mol. The normalized spacial score (nSPS) is 33.6. The van der Waals surface area contributed by atoms with Crippen LogP contribution >= 0.6 is 8.30 Å². The molecular formula is C13H26BFNO2P. The lowest BCUT2D eigenvalue weighted by Crippen LogP contribution is -2.37. The van der Waals surface area contributed by atoms with Crippen molar-refractivity contribution in [1.29, 1.82) is 0 Å². The monoisotopic (exact) mass is 289 g/mol. The van der Waals surface area contributed by atoms with Crippen molar-refractivity contribution in [2.24, 2.45) is 0 Å². The van der Waals surface area contributed by atoms with Gasteiger partial charge in [0.05, 0.1) is 12.1 Å². The molecule has 1 aliphatic heterocycles. The summed E-state index contributed by atoms with van der Waals surface area (Å²) in [5.74, 6) is 0. The molecule has 0 spiro atoms. The van der Waals surface area contributed by atoms with Gasteiger partial charge in [0.2, 0.25) is 0 Å². The zero-order chi connectivity index (χ0) is 14.7. The summed E-state index contributed by atoms with van der Waals surface area (Å²) in [5.41, 5.74) is 0. The zero-order valence-corrected chi connectivity index (χ0v) is 13.7. The number of alkyl halides is 1. The molecule has 0 bridgehead atoms. The maximum atomic E-state index is 14.1. The number of ether oxygens (including phenoxy) is 1. The van der Waals surface area contributed by atoms with Crippen LogP contribution in [0.15, 0.2) is 0 Å². The molecule has 1 rings (SSSR count). The molecule has 0 aromatic heterocycles. The van der Waals surface area contributed by atoms with Crippen LogP contribution in [-0.4, -0.2) is 55.6 Å². The average molecular weight is 289 g/mol. The highest BCUT2D eigenvalue weighted by atomic mass is 31.2. The highest BCUT2D eigenvalue weighted by molar-refractivity contribution is 7.49.